The number of ketones is 1. The Bertz CT molecular complexity index is 908. The summed E-state index contributed by atoms with van der Waals surface area (Å²) in [6.45, 7) is 3.39. The van der Waals surface area contributed by atoms with Gasteiger partial charge < -0.3 is 10.1 Å². The zero-order chi connectivity index (χ0) is 18.1. The van der Waals surface area contributed by atoms with Crippen LogP contribution < -0.4 is 0 Å². The summed E-state index contributed by atoms with van der Waals surface area (Å²) in [6.07, 6.45) is 3.17. The van der Waals surface area contributed by atoms with E-state index in [9.17, 15) is 9.90 Å². The number of Topliss-reactive ketones (excluding diaryl/α,β-unsaturated/α-hetero) is 1. The minimum Gasteiger partial charge on any atom is -0.385 e. The van der Waals surface area contributed by atoms with Crippen molar-refractivity contribution in [1.82, 2.24) is 9.88 Å². The molecule has 0 aliphatic carbocycles. The van der Waals surface area contributed by atoms with E-state index in [0.29, 0.717) is 25.9 Å². The van der Waals surface area contributed by atoms with Crippen molar-refractivity contribution < 1.29 is 9.90 Å². The molecule has 0 amide bonds. The number of H-pyrrole nitrogens is 1. The van der Waals surface area contributed by atoms with Crippen LogP contribution in [0.5, 0.6) is 0 Å². The van der Waals surface area contributed by atoms with E-state index in [-0.39, 0.29) is 11.8 Å². The van der Waals surface area contributed by atoms with E-state index in [1.54, 1.807) is 0 Å². The van der Waals surface area contributed by atoms with Crippen LogP contribution in [0.25, 0.3) is 10.9 Å². The lowest BCUT2D eigenvalue weighted by Gasteiger charge is -2.40. The van der Waals surface area contributed by atoms with Crippen molar-refractivity contribution in [1.29, 1.82) is 0 Å². The predicted octanol–water partition coefficient (Wildman–Crippen LogP) is 3.72. The van der Waals surface area contributed by atoms with Crippen LogP contribution in [-0.2, 0) is 5.60 Å². The molecule has 0 bridgehead atoms. The number of aromatic amines is 1. The van der Waals surface area contributed by atoms with E-state index in [0.717, 1.165) is 22.0 Å². The molecule has 0 saturated carbocycles. The van der Waals surface area contributed by atoms with Crippen molar-refractivity contribution in [3.05, 3.63) is 71.9 Å². The predicted molar refractivity (Wildman–Crippen MR) is 103 cm³/mol. The first-order valence-corrected chi connectivity index (χ1v) is 9.20. The Morgan fingerprint density at radius 2 is 1.85 bits per heavy atom. The average molecular weight is 348 g/mol. The summed E-state index contributed by atoms with van der Waals surface area (Å²) in [6, 6.07) is 17.4. The second kappa shape index (κ2) is 6.71. The summed E-state index contributed by atoms with van der Waals surface area (Å²) in [5.41, 5.74) is 1.97. The number of fused-ring (bicyclic) bond motifs is 1. The zero-order valence-corrected chi connectivity index (χ0v) is 15.0. The normalized spacial score (nSPS) is 18.7. The van der Waals surface area contributed by atoms with Crippen molar-refractivity contribution >= 4 is 16.7 Å². The van der Waals surface area contributed by atoms with Gasteiger partial charge in [0.05, 0.1) is 11.6 Å². The molecule has 2 heterocycles. The van der Waals surface area contributed by atoms with Gasteiger partial charge in [-0.1, -0.05) is 30.3 Å². The van der Waals surface area contributed by atoms with Crippen molar-refractivity contribution in [3.8, 4) is 0 Å². The molecule has 0 radical (unpaired) electrons. The van der Waals surface area contributed by atoms with Crippen molar-refractivity contribution in [2.24, 2.45) is 0 Å². The first kappa shape index (κ1) is 17.0. The van der Waals surface area contributed by atoms with Gasteiger partial charge in [-0.15, -0.1) is 0 Å². The van der Waals surface area contributed by atoms with Gasteiger partial charge in [0.25, 0.3) is 0 Å². The fraction of sp³-hybridized carbons (Fsp3) is 0.318. The number of piperidine rings is 1. The number of aliphatic hydroxyl groups is 1. The van der Waals surface area contributed by atoms with Crippen LogP contribution in [0, 0.1) is 0 Å². The molecule has 4 heteroatoms. The largest absolute Gasteiger partial charge is 0.385 e. The van der Waals surface area contributed by atoms with Crippen LogP contribution in [0.2, 0.25) is 0 Å². The summed E-state index contributed by atoms with van der Waals surface area (Å²) >= 11 is 0. The van der Waals surface area contributed by atoms with Crippen LogP contribution in [0.15, 0.2) is 60.8 Å². The molecule has 2 aromatic carbocycles. The average Bonchev–Trinajstić information content (AvgIpc) is 3.16. The molecule has 2 N–H and O–H groups in total. The molecule has 1 aromatic heterocycles. The Labute approximate surface area is 153 Å². The number of rotatable bonds is 4. The second-order valence-electron chi connectivity index (χ2n) is 7.25. The van der Waals surface area contributed by atoms with E-state index >= 15 is 0 Å². The summed E-state index contributed by atoms with van der Waals surface area (Å²) in [5.74, 6) is 0.137. The van der Waals surface area contributed by atoms with Crippen LogP contribution in [0.1, 0.15) is 35.7 Å². The van der Waals surface area contributed by atoms with Gasteiger partial charge in [-0.3, -0.25) is 9.69 Å². The molecule has 1 fully saturated rings. The van der Waals surface area contributed by atoms with Gasteiger partial charge in [-0.25, -0.2) is 0 Å². The highest BCUT2D eigenvalue weighted by molar-refractivity contribution is 6.02. The molecule has 1 atom stereocenters. The summed E-state index contributed by atoms with van der Waals surface area (Å²) < 4.78 is 0. The molecular formula is C22H24N2O2. The highest BCUT2D eigenvalue weighted by Gasteiger charge is 2.36. The molecule has 3 aromatic rings. The maximum Gasteiger partial charge on any atom is 0.179 e. The maximum atomic E-state index is 12.9. The van der Waals surface area contributed by atoms with Crippen LogP contribution >= 0.6 is 0 Å². The number of nitrogens with one attached hydrogen (secondary N) is 1. The number of carbonyl (C=O) groups is 1. The number of nitrogens with zero attached hydrogens (tertiary/aromatic N) is 1. The van der Waals surface area contributed by atoms with E-state index in [1.807, 2.05) is 67.7 Å². The number of hydrogen-bond donors (Lipinski definition) is 2. The Morgan fingerprint density at radius 1 is 1.12 bits per heavy atom. The third-order valence-electron chi connectivity index (χ3n) is 5.70. The van der Waals surface area contributed by atoms with Gasteiger partial charge in [0.15, 0.2) is 5.78 Å². The van der Waals surface area contributed by atoms with Gasteiger partial charge in [-0.05, 0) is 49.6 Å². The lowest BCUT2D eigenvalue weighted by molar-refractivity contribution is -0.0318. The molecule has 4 rings (SSSR count). The van der Waals surface area contributed by atoms with E-state index in [4.69, 9.17) is 0 Å². The van der Waals surface area contributed by atoms with Crippen molar-refractivity contribution in [3.63, 3.8) is 0 Å². The smallest absolute Gasteiger partial charge is 0.179 e. The Kier molecular flexibility index (Phi) is 4.39. The maximum absolute atomic E-state index is 12.9. The highest BCUT2D eigenvalue weighted by Crippen LogP contribution is 2.33. The molecule has 134 valence electrons. The van der Waals surface area contributed by atoms with Gasteiger partial charge in [0.1, 0.15) is 0 Å². The van der Waals surface area contributed by atoms with Gasteiger partial charge in [0, 0.05) is 35.8 Å². The number of likely N-dealkylation sites (tertiary alicyclic amines) is 1. The monoisotopic (exact) mass is 348 g/mol. The number of hydrogen-bond acceptors (Lipinski definition) is 3. The molecule has 1 unspecified atom stereocenters. The summed E-state index contributed by atoms with van der Waals surface area (Å²) in [4.78, 5) is 18.3. The van der Waals surface area contributed by atoms with Crippen LogP contribution in [0.3, 0.4) is 0 Å². The van der Waals surface area contributed by atoms with Gasteiger partial charge in [0.2, 0.25) is 0 Å². The summed E-state index contributed by atoms with van der Waals surface area (Å²) in [5, 5.41) is 12.0. The molecule has 1 aliphatic rings. The van der Waals surface area contributed by atoms with Crippen molar-refractivity contribution in [2.45, 2.75) is 31.4 Å². The zero-order valence-electron chi connectivity index (χ0n) is 15.0. The second-order valence-corrected chi connectivity index (χ2v) is 7.25. The quantitative estimate of drug-likeness (QED) is 0.707. The summed E-state index contributed by atoms with van der Waals surface area (Å²) in [7, 11) is 0. The Balaban J connectivity index is 1.46. The molecular weight excluding hydrogens is 324 g/mol. The highest BCUT2D eigenvalue weighted by atomic mass is 16.3. The molecule has 0 spiro atoms. The number of benzene rings is 2. The third-order valence-corrected chi connectivity index (χ3v) is 5.70. The van der Waals surface area contributed by atoms with E-state index < -0.39 is 5.60 Å². The molecule has 1 aliphatic heterocycles. The van der Waals surface area contributed by atoms with Gasteiger partial charge in [-0.2, -0.15) is 0 Å². The fourth-order valence-corrected chi connectivity index (χ4v) is 3.93. The topological polar surface area (TPSA) is 56.3 Å². The third kappa shape index (κ3) is 3.06. The minimum atomic E-state index is -0.787. The van der Waals surface area contributed by atoms with Crippen LogP contribution in [0.4, 0.5) is 0 Å². The molecule has 4 nitrogen and oxygen atoms in total. The Hall–Kier alpha value is -2.43. The van der Waals surface area contributed by atoms with Crippen molar-refractivity contribution in [2.75, 3.05) is 13.1 Å². The van der Waals surface area contributed by atoms with E-state index in [1.165, 1.54) is 0 Å². The molecule has 26 heavy (non-hydrogen) atoms. The Morgan fingerprint density at radius 3 is 2.58 bits per heavy atom. The minimum absolute atomic E-state index is 0.137. The lowest BCUT2D eigenvalue weighted by Crippen LogP contribution is -2.48. The first-order chi connectivity index (χ1) is 12.6. The number of aromatic nitrogens is 1. The molecule has 1 saturated heterocycles. The van der Waals surface area contributed by atoms with Gasteiger partial charge >= 0.3 is 0 Å². The lowest BCUT2D eigenvalue weighted by atomic mass is 9.84. The first-order valence-electron chi connectivity index (χ1n) is 9.20. The SMILES string of the molecule is CC(C(=O)c1ccc2[nH]ccc2c1)N1CCC(O)(c2ccccc2)CC1. The number of carbonyl (C=O) groups excluding carboxylic acids is 1. The van der Waals surface area contributed by atoms with Crippen LogP contribution in [-0.4, -0.2) is 39.9 Å². The standard InChI is InChI=1S/C22H24N2O2/c1-16(21(25)18-7-8-20-17(15-18)9-12-23-20)24-13-10-22(26,11-14-24)19-5-3-2-4-6-19/h2-9,12,15-16,23,26H,10-11,13-14H2,1H3. The fourth-order valence-electron chi connectivity index (χ4n) is 3.93. The van der Waals surface area contributed by atoms with E-state index in [2.05, 4.69) is 9.88 Å².